The minimum absolute atomic E-state index is 0.164. The highest BCUT2D eigenvalue weighted by Gasteiger charge is 2.24. The maximum absolute atomic E-state index is 6.27. The van der Waals surface area contributed by atoms with E-state index in [4.69, 9.17) is 26.7 Å². The average molecular weight is 406 g/mol. The zero-order valence-electron chi connectivity index (χ0n) is 17.1. The molecule has 0 atom stereocenters. The summed E-state index contributed by atoms with van der Waals surface area (Å²) in [7, 11) is 0. The molecule has 1 heterocycles. The highest BCUT2D eigenvalue weighted by Crippen LogP contribution is 2.42. The molecule has 0 aliphatic heterocycles. The fourth-order valence-electron chi connectivity index (χ4n) is 3.39. The molecule has 7 nitrogen and oxygen atoms in total. The fourth-order valence-corrected chi connectivity index (χ4v) is 3.39. The van der Waals surface area contributed by atoms with Gasteiger partial charge < -0.3 is 26.7 Å². The van der Waals surface area contributed by atoms with Gasteiger partial charge in [0, 0.05) is 23.9 Å². The van der Waals surface area contributed by atoms with Crippen LogP contribution >= 0.6 is 0 Å². The Morgan fingerprint density at radius 1 is 1.03 bits per heavy atom. The first-order valence-electron chi connectivity index (χ1n) is 10.2. The standard InChI is InChI=1S/C23H27N5O2/c1-2-29-19-9-15(8-17-12-27-23(26)28-22(17)25)10-20(30-13-14-6-7-14)21(19)16-4-3-5-18(24)11-16/h3-5,9-12,14H,2,6-8,13,24H2,1H3,(H4,25,26,27,28). The van der Waals surface area contributed by atoms with E-state index in [1.807, 2.05) is 43.3 Å². The van der Waals surface area contributed by atoms with Crippen molar-refractivity contribution in [2.24, 2.45) is 5.92 Å². The van der Waals surface area contributed by atoms with Crippen LogP contribution in [0.3, 0.4) is 0 Å². The van der Waals surface area contributed by atoms with Gasteiger partial charge in [0.25, 0.3) is 0 Å². The minimum Gasteiger partial charge on any atom is -0.493 e. The number of benzene rings is 2. The van der Waals surface area contributed by atoms with Gasteiger partial charge in [-0.1, -0.05) is 12.1 Å². The first kappa shape index (κ1) is 19.8. The summed E-state index contributed by atoms with van der Waals surface area (Å²) in [6.45, 7) is 3.19. The van der Waals surface area contributed by atoms with Crippen LogP contribution in [-0.2, 0) is 6.42 Å². The van der Waals surface area contributed by atoms with Crippen molar-refractivity contribution in [2.45, 2.75) is 26.2 Å². The molecule has 3 aromatic rings. The molecule has 30 heavy (non-hydrogen) atoms. The van der Waals surface area contributed by atoms with Crippen molar-refractivity contribution < 1.29 is 9.47 Å². The van der Waals surface area contributed by atoms with Gasteiger partial charge in [0.2, 0.25) is 5.95 Å². The summed E-state index contributed by atoms with van der Waals surface area (Å²) in [4.78, 5) is 8.13. The van der Waals surface area contributed by atoms with E-state index in [9.17, 15) is 0 Å². The van der Waals surface area contributed by atoms with E-state index in [0.29, 0.717) is 37.1 Å². The third-order valence-electron chi connectivity index (χ3n) is 5.08. The van der Waals surface area contributed by atoms with Crippen molar-refractivity contribution in [1.29, 1.82) is 0 Å². The smallest absolute Gasteiger partial charge is 0.221 e. The quantitative estimate of drug-likeness (QED) is 0.489. The second kappa shape index (κ2) is 8.49. The number of hydrogen-bond acceptors (Lipinski definition) is 7. The normalized spacial score (nSPS) is 13.2. The van der Waals surface area contributed by atoms with Gasteiger partial charge >= 0.3 is 0 Å². The van der Waals surface area contributed by atoms with Crippen molar-refractivity contribution in [1.82, 2.24) is 9.97 Å². The van der Waals surface area contributed by atoms with Gasteiger partial charge in [0.05, 0.1) is 18.8 Å². The molecule has 7 heteroatoms. The summed E-state index contributed by atoms with van der Waals surface area (Å²) in [6.07, 6.45) is 4.63. The first-order chi connectivity index (χ1) is 14.5. The molecule has 156 valence electrons. The summed E-state index contributed by atoms with van der Waals surface area (Å²) in [6, 6.07) is 11.8. The zero-order chi connectivity index (χ0) is 21.1. The maximum atomic E-state index is 6.27. The molecule has 6 N–H and O–H groups in total. The summed E-state index contributed by atoms with van der Waals surface area (Å²) in [5, 5.41) is 0. The van der Waals surface area contributed by atoms with Gasteiger partial charge in [-0.2, -0.15) is 4.98 Å². The summed E-state index contributed by atoms with van der Waals surface area (Å²) in [5.74, 6) is 2.70. The Morgan fingerprint density at radius 2 is 1.80 bits per heavy atom. The molecule has 4 rings (SSSR count). The number of aromatic nitrogens is 2. The van der Waals surface area contributed by atoms with Crippen LogP contribution in [0, 0.1) is 5.92 Å². The molecule has 0 unspecified atom stereocenters. The Kier molecular flexibility index (Phi) is 5.61. The average Bonchev–Trinajstić information content (AvgIpc) is 3.53. The van der Waals surface area contributed by atoms with Gasteiger partial charge in [-0.3, -0.25) is 0 Å². The number of hydrogen-bond donors (Lipinski definition) is 3. The van der Waals surface area contributed by atoms with E-state index >= 15 is 0 Å². The number of anilines is 3. The van der Waals surface area contributed by atoms with Crippen molar-refractivity contribution in [3.8, 4) is 22.6 Å². The van der Waals surface area contributed by atoms with Gasteiger partial charge in [0.15, 0.2) is 0 Å². The largest absolute Gasteiger partial charge is 0.493 e. The Bertz CT molecular complexity index is 1050. The van der Waals surface area contributed by atoms with Gasteiger partial charge in [-0.05, 0) is 61.1 Å². The lowest BCUT2D eigenvalue weighted by molar-refractivity contribution is 0.296. The van der Waals surface area contributed by atoms with E-state index in [-0.39, 0.29) is 5.95 Å². The molecule has 0 spiro atoms. The lowest BCUT2D eigenvalue weighted by Gasteiger charge is -2.19. The Labute approximate surface area is 176 Å². The Morgan fingerprint density at radius 3 is 2.47 bits per heavy atom. The van der Waals surface area contributed by atoms with E-state index in [0.717, 1.165) is 33.8 Å². The number of nitrogens with two attached hydrogens (primary N) is 3. The van der Waals surface area contributed by atoms with Crippen molar-refractivity contribution in [3.63, 3.8) is 0 Å². The molecule has 0 radical (unpaired) electrons. The SMILES string of the molecule is CCOc1cc(Cc2cnc(N)nc2N)cc(OCC2CC2)c1-c1cccc(N)c1. The summed E-state index contributed by atoms with van der Waals surface area (Å²) < 4.78 is 12.3. The van der Waals surface area contributed by atoms with Gasteiger partial charge in [-0.15, -0.1) is 0 Å². The van der Waals surface area contributed by atoms with Gasteiger partial charge in [-0.25, -0.2) is 4.98 Å². The van der Waals surface area contributed by atoms with Crippen LogP contribution in [0.15, 0.2) is 42.6 Å². The zero-order valence-corrected chi connectivity index (χ0v) is 17.1. The number of nitrogens with zero attached hydrogens (tertiary/aromatic N) is 2. The van der Waals surface area contributed by atoms with Crippen LogP contribution in [-0.4, -0.2) is 23.2 Å². The minimum atomic E-state index is 0.164. The third kappa shape index (κ3) is 4.56. The monoisotopic (exact) mass is 405 g/mol. The molecule has 1 fully saturated rings. The third-order valence-corrected chi connectivity index (χ3v) is 5.08. The molecule has 0 bridgehead atoms. The molecular formula is C23H27N5O2. The van der Waals surface area contributed by atoms with Crippen LogP contribution in [0.4, 0.5) is 17.5 Å². The molecule has 1 saturated carbocycles. The maximum Gasteiger partial charge on any atom is 0.221 e. The number of rotatable bonds is 8. The second-order valence-electron chi connectivity index (χ2n) is 7.60. The predicted molar refractivity (Wildman–Crippen MR) is 119 cm³/mol. The van der Waals surface area contributed by atoms with E-state index < -0.39 is 0 Å². The van der Waals surface area contributed by atoms with Crippen LogP contribution in [0.5, 0.6) is 11.5 Å². The topological polar surface area (TPSA) is 122 Å². The molecule has 1 aromatic heterocycles. The highest BCUT2D eigenvalue weighted by molar-refractivity contribution is 5.79. The molecule has 0 saturated heterocycles. The number of ether oxygens (including phenoxy) is 2. The Balaban J connectivity index is 1.77. The summed E-state index contributed by atoms with van der Waals surface area (Å²) in [5.41, 5.74) is 22.1. The van der Waals surface area contributed by atoms with E-state index in [2.05, 4.69) is 9.97 Å². The predicted octanol–water partition coefficient (Wildman–Crippen LogP) is 3.67. The van der Waals surface area contributed by atoms with E-state index in [1.54, 1.807) is 6.20 Å². The molecular weight excluding hydrogens is 378 g/mol. The molecule has 1 aliphatic carbocycles. The lowest BCUT2D eigenvalue weighted by Crippen LogP contribution is -2.06. The van der Waals surface area contributed by atoms with Crippen LogP contribution in [0.1, 0.15) is 30.9 Å². The van der Waals surface area contributed by atoms with E-state index in [1.165, 1.54) is 12.8 Å². The lowest BCUT2D eigenvalue weighted by atomic mass is 9.98. The number of nitrogen functional groups attached to an aromatic ring is 3. The molecule has 2 aromatic carbocycles. The first-order valence-corrected chi connectivity index (χ1v) is 10.2. The molecule has 0 amide bonds. The van der Waals surface area contributed by atoms with Crippen LogP contribution < -0.4 is 26.7 Å². The second-order valence-corrected chi connectivity index (χ2v) is 7.60. The molecule has 1 aliphatic rings. The van der Waals surface area contributed by atoms with Crippen LogP contribution in [0.25, 0.3) is 11.1 Å². The van der Waals surface area contributed by atoms with Crippen molar-refractivity contribution >= 4 is 17.5 Å². The fraction of sp³-hybridized carbons (Fsp3) is 0.304. The Hall–Kier alpha value is -3.48. The van der Waals surface area contributed by atoms with Crippen LogP contribution in [0.2, 0.25) is 0 Å². The summed E-state index contributed by atoms with van der Waals surface area (Å²) >= 11 is 0. The van der Waals surface area contributed by atoms with Crippen molar-refractivity contribution in [2.75, 3.05) is 30.4 Å². The van der Waals surface area contributed by atoms with Gasteiger partial charge in [0.1, 0.15) is 17.3 Å². The highest BCUT2D eigenvalue weighted by atomic mass is 16.5. The van der Waals surface area contributed by atoms with Crippen molar-refractivity contribution in [3.05, 3.63) is 53.7 Å².